The minimum absolute atomic E-state index is 0.0489. The highest BCUT2D eigenvalue weighted by Gasteiger charge is 2.36. The van der Waals surface area contributed by atoms with Crippen LogP contribution in [0.4, 0.5) is 11.4 Å². The van der Waals surface area contributed by atoms with Crippen LogP contribution < -0.4 is 10.2 Å². The van der Waals surface area contributed by atoms with Gasteiger partial charge in [0, 0.05) is 18.7 Å². The molecule has 0 saturated carbocycles. The number of para-hydroxylation sites is 1. The molecule has 0 aliphatic carbocycles. The van der Waals surface area contributed by atoms with E-state index in [2.05, 4.69) is 12.2 Å². The summed E-state index contributed by atoms with van der Waals surface area (Å²) >= 11 is 0. The SMILES string of the molecule is CCc1ccc(N2C[C@@H](C(=O)OCC(=O)Nc3ccccc3C#N)CC2=O)cc1. The smallest absolute Gasteiger partial charge is 0.311 e. The summed E-state index contributed by atoms with van der Waals surface area (Å²) in [6.07, 6.45) is 0.956. The molecule has 2 amide bonds. The van der Waals surface area contributed by atoms with Crippen LogP contribution in [0.1, 0.15) is 24.5 Å². The summed E-state index contributed by atoms with van der Waals surface area (Å²) in [6.45, 7) is 1.80. The lowest BCUT2D eigenvalue weighted by Crippen LogP contribution is -2.28. The topological polar surface area (TPSA) is 99.5 Å². The molecule has 1 aliphatic rings. The Morgan fingerprint density at radius 2 is 1.93 bits per heavy atom. The number of esters is 1. The second-order valence-corrected chi connectivity index (χ2v) is 6.74. The van der Waals surface area contributed by atoms with Gasteiger partial charge in [-0.15, -0.1) is 0 Å². The fourth-order valence-corrected chi connectivity index (χ4v) is 3.16. The van der Waals surface area contributed by atoms with Gasteiger partial charge in [0.05, 0.1) is 17.2 Å². The van der Waals surface area contributed by atoms with Crippen LogP contribution in [0.5, 0.6) is 0 Å². The van der Waals surface area contributed by atoms with Crippen LogP contribution in [0.15, 0.2) is 48.5 Å². The molecule has 1 saturated heterocycles. The number of hydrogen-bond donors (Lipinski definition) is 1. The highest BCUT2D eigenvalue weighted by Crippen LogP contribution is 2.26. The summed E-state index contributed by atoms with van der Waals surface area (Å²) in [6, 6.07) is 16.2. The van der Waals surface area contributed by atoms with Gasteiger partial charge in [-0.3, -0.25) is 14.4 Å². The third-order valence-electron chi connectivity index (χ3n) is 4.78. The average molecular weight is 391 g/mol. The van der Waals surface area contributed by atoms with Crippen LogP contribution in [0.3, 0.4) is 0 Å². The van der Waals surface area contributed by atoms with E-state index in [0.29, 0.717) is 11.3 Å². The normalized spacial score (nSPS) is 15.7. The number of amides is 2. The lowest BCUT2D eigenvalue weighted by atomic mass is 10.1. The van der Waals surface area contributed by atoms with Crippen molar-refractivity contribution < 1.29 is 19.1 Å². The van der Waals surface area contributed by atoms with E-state index in [1.165, 1.54) is 5.56 Å². The van der Waals surface area contributed by atoms with E-state index in [0.717, 1.165) is 12.1 Å². The number of carbonyl (C=O) groups excluding carboxylic acids is 3. The summed E-state index contributed by atoms with van der Waals surface area (Å²) in [5.74, 6) is -1.90. The highest BCUT2D eigenvalue weighted by molar-refractivity contribution is 6.00. The zero-order chi connectivity index (χ0) is 20.8. The summed E-state index contributed by atoms with van der Waals surface area (Å²) in [4.78, 5) is 38.2. The molecule has 7 nitrogen and oxygen atoms in total. The van der Waals surface area contributed by atoms with Crippen molar-refractivity contribution in [2.75, 3.05) is 23.4 Å². The summed E-state index contributed by atoms with van der Waals surface area (Å²) < 4.78 is 5.09. The number of rotatable bonds is 6. The Bertz CT molecular complexity index is 963. The standard InChI is InChI=1S/C22H21N3O4/c1-2-15-7-9-18(10-8-15)25-13-17(11-21(25)27)22(28)29-14-20(26)24-19-6-4-3-5-16(19)12-23/h3-10,17H,2,11,13-14H2,1H3,(H,24,26)/t17-/m0/s1. The van der Waals surface area contributed by atoms with E-state index in [-0.39, 0.29) is 18.9 Å². The minimum atomic E-state index is -0.618. The van der Waals surface area contributed by atoms with Crippen molar-refractivity contribution in [3.05, 3.63) is 59.7 Å². The molecule has 148 valence electrons. The fraction of sp³-hybridized carbons (Fsp3) is 0.273. The molecule has 2 aromatic carbocycles. The summed E-state index contributed by atoms with van der Waals surface area (Å²) in [7, 11) is 0. The van der Waals surface area contributed by atoms with Gasteiger partial charge in [0.25, 0.3) is 5.91 Å². The third kappa shape index (κ3) is 4.79. The molecule has 0 aromatic heterocycles. The molecule has 29 heavy (non-hydrogen) atoms. The Morgan fingerprint density at radius 1 is 1.21 bits per heavy atom. The van der Waals surface area contributed by atoms with Gasteiger partial charge in [-0.1, -0.05) is 31.2 Å². The molecular weight excluding hydrogens is 370 g/mol. The maximum absolute atomic E-state index is 12.3. The average Bonchev–Trinajstić information content (AvgIpc) is 3.14. The predicted octanol–water partition coefficient (Wildman–Crippen LogP) is 2.66. The predicted molar refractivity (Wildman–Crippen MR) is 107 cm³/mol. The summed E-state index contributed by atoms with van der Waals surface area (Å²) in [5.41, 5.74) is 2.58. The minimum Gasteiger partial charge on any atom is -0.455 e. The first kappa shape index (κ1) is 20.1. The van der Waals surface area contributed by atoms with Crippen molar-refractivity contribution in [2.24, 2.45) is 5.92 Å². The van der Waals surface area contributed by atoms with E-state index >= 15 is 0 Å². The van der Waals surface area contributed by atoms with E-state index in [1.807, 2.05) is 30.3 Å². The number of carbonyl (C=O) groups is 3. The van der Waals surface area contributed by atoms with Gasteiger partial charge in [-0.25, -0.2) is 0 Å². The molecule has 1 atom stereocenters. The van der Waals surface area contributed by atoms with Crippen LogP contribution in [0.2, 0.25) is 0 Å². The number of benzene rings is 2. The first-order valence-corrected chi connectivity index (χ1v) is 9.36. The Labute approximate surface area is 168 Å². The first-order valence-electron chi connectivity index (χ1n) is 9.36. The number of anilines is 2. The number of aryl methyl sites for hydroxylation is 1. The van der Waals surface area contributed by atoms with Crippen molar-refractivity contribution in [1.29, 1.82) is 5.26 Å². The Balaban J connectivity index is 1.54. The van der Waals surface area contributed by atoms with Crippen LogP contribution >= 0.6 is 0 Å². The molecule has 0 spiro atoms. The maximum atomic E-state index is 12.3. The molecule has 1 fully saturated rings. The van der Waals surface area contributed by atoms with E-state index < -0.39 is 24.4 Å². The molecule has 0 bridgehead atoms. The molecule has 2 aromatic rings. The van der Waals surface area contributed by atoms with Gasteiger partial charge in [0.2, 0.25) is 5.91 Å². The highest BCUT2D eigenvalue weighted by atomic mass is 16.5. The molecule has 3 rings (SSSR count). The second kappa shape index (κ2) is 9.02. The van der Waals surface area contributed by atoms with Crippen molar-refractivity contribution in [2.45, 2.75) is 19.8 Å². The lowest BCUT2D eigenvalue weighted by molar-refractivity contribution is -0.151. The molecule has 1 heterocycles. The third-order valence-corrected chi connectivity index (χ3v) is 4.78. The maximum Gasteiger partial charge on any atom is 0.311 e. The molecule has 0 radical (unpaired) electrons. The number of hydrogen-bond acceptors (Lipinski definition) is 5. The van der Waals surface area contributed by atoms with Gasteiger partial charge in [-0.2, -0.15) is 5.26 Å². The Hall–Kier alpha value is -3.66. The van der Waals surface area contributed by atoms with E-state index in [4.69, 9.17) is 10.00 Å². The van der Waals surface area contributed by atoms with E-state index in [1.54, 1.807) is 29.2 Å². The lowest BCUT2D eigenvalue weighted by Gasteiger charge is -2.17. The van der Waals surface area contributed by atoms with Gasteiger partial charge < -0.3 is 15.0 Å². The largest absolute Gasteiger partial charge is 0.455 e. The number of nitriles is 1. The van der Waals surface area contributed by atoms with Crippen molar-refractivity contribution >= 4 is 29.2 Å². The molecule has 1 aliphatic heterocycles. The molecular formula is C22H21N3O4. The van der Waals surface area contributed by atoms with Gasteiger partial charge >= 0.3 is 5.97 Å². The quantitative estimate of drug-likeness (QED) is 0.763. The van der Waals surface area contributed by atoms with Crippen molar-refractivity contribution in [3.8, 4) is 6.07 Å². The Kier molecular flexibility index (Phi) is 6.25. The number of ether oxygens (including phenoxy) is 1. The van der Waals surface area contributed by atoms with Gasteiger partial charge in [0.1, 0.15) is 6.07 Å². The van der Waals surface area contributed by atoms with E-state index in [9.17, 15) is 14.4 Å². The number of nitrogens with zero attached hydrogens (tertiary/aromatic N) is 2. The molecule has 0 unspecified atom stereocenters. The monoisotopic (exact) mass is 391 g/mol. The van der Waals surface area contributed by atoms with Gasteiger partial charge in [-0.05, 0) is 36.2 Å². The van der Waals surface area contributed by atoms with Crippen LogP contribution in [-0.4, -0.2) is 30.9 Å². The number of nitrogens with one attached hydrogen (secondary N) is 1. The van der Waals surface area contributed by atoms with Crippen molar-refractivity contribution in [1.82, 2.24) is 0 Å². The van der Waals surface area contributed by atoms with Crippen molar-refractivity contribution in [3.63, 3.8) is 0 Å². The fourth-order valence-electron chi connectivity index (χ4n) is 3.16. The van der Waals surface area contributed by atoms with Crippen LogP contribution in [-0.2, 0) is 25.5 Å². The molecule has 1 N–H and O–H groups in total. The summed E-state index contributed by atoms with van der Waals surface area (Å²) in [5, 5.41) is 11.6. The molecule has 7 heteroatoms. The Morgan fingerprint density at radius 3 is 2.62 bits per heavy atom. The van der Waals surface area contributed by atoms with Gasteiger partial charge in [0.15, 0.2) is 6.61 Å². The first-order chi connectivity index (χ1) is 14.0. The zero-order valence-corrected chi connectivity index (χ0v) is 16.1. The second-order valence-electron chi connectivity index (χ2n) is 6.74. The van der Waals surface area contributed by atoms with Crippen LogP contribution in [0.25, 0.3) is 0 Å². The zero-order valence-electron chi connectivity index (χ0n) is 16.1. The van der Waals surface area contributed by atoms with Crippen LogP contribution in [0, 0.1) is 17.2 Å².